The van der Waals surface area contributed by atoms with E-state index in [4.69, 9.17) is 38.3 Å². The summed E-state index contributed by atoms with van der Waals surface area (Å²) in [6.45, 7) is 22.8. The van der Waals surface area contributed by atoms with Gasteiger partial charge in [0.2, 0.25) is 0 Å². The second-order valence-electron chi connectivity index (χ2n) is 28.5. The number of ether oxygens (including phenoxy) is 8. The lowest BCUT2D eigenvalue weighted by Gasteiger charge is -2.28. The second kappa shape index (κ2) is 37.7. The largest absolute Gasteiger partial charge is 0.743 e. The van der Waals surface area contributed by atoms with Gasteiger partial charge < -0.3 is 52.7 Å². The van der Waals surface area contributed by atoms with Crippen LogP contribution in [0, 0.1) is 39.4 Å². The number of esters is 7. The molecule has 0 radical (unpaired) electrons. The standard InChI is InChI=1S/C20H20F2O9S.C18H15S.C17H21NO6.C17H26O4.C10H14O/c1-4-19(2,3)17(24)31-15-8-6-12-9-14(7-5-13(12)10-15)30-16(23)11-29-18(25)20(21,22)32(26,27)28;1-4-10-16(11-5-1)19(17-12-6-2-7-13-17)18-14-8-3-9-15-18;1-4-16(2,3)14(20)22-7-11(19)23-12-9-5-10-13(12)24-15(21)17(10,6-9)8-18;1-6-17(5,12-18)13-7-9-14(10-8-13)20-11-15(19)21-16(2,3)4;1-3-8(2)9-4-6-10(11)7-5-9/h5-10H,4,11H2,1-3H3,(H,26,27,28);1-15H;9-10,12-13H,4-7H2,1-3H3;7-10,18H,6,11-12H2,1-5H3;4-8,11H,3H2,1-2H3/q;+1;;;/p-1. The van der Waals surface area contributed by atoms with Crippen molar-refractivity contribution in [3.8, 4) is 29.1 Å². The number of aliphatic hydroxyl groups is 1. The number of nitrogens with zero attached hydrogens (tertiary/aromatic N) is 1. The first kappa shape index (κ1) is 86.2. The van der Waals surface area contributed by atoms with Gasteiger partial charge in [-0.05, 0) is 200 Å². The Bertz CT molecular complexity index is 4220. The summed E-state index contributed by atoms with van der Waals surface area (Å²) in [5, 5.41) is 23.7. The summed E-state index contributed by atoms with van der Waals surface area (Å²) < 4.78 is 97.5. The molecule has 0 aromatic heterocycles. The van der Waals surface area contributed by atoms with E-state index in [9.17, 15) is 65.7 Å². The summed E-state index contributed by atoms with van der Waals surface area (Å²) in [6.07, 6.45) is 3.09. The molecule has 25 heteroatoms. The zero-order valence-corrected chi connectivity index (χ0v) is 64.1. The number of aliphatic hydroxyl groups excluding tert-OH is 1. The van der Waals surface area contributed by atoms with Crippen LogP contribution < -0.4 is 14.2 Å². The van der Waals surface area contributed by atoms with Crippen molar-refractivity contribution < 1.29 is 103 Å². The molecule has 7 aromatic rings. The Labute approximate surface area is 627 Å². The van der Waals surface area contributed by atoms with Crippen molar-refractivity contribution in [2.45, 2.75) is 178 Å². The molecule has 1 heterocycles. The summed E-state index contributed by atoms with van der Waals surface area (Å²) in [7, 11) is -6.31. The average molecular weight is 1520 g/mol. The van der Waals surface area contributed by atoms with Crippen molar-refractivity contribution in [2.75, 3.05) is 26.4 Å². The van der Waals surface area contributed by atoms with E-state index in [-0.39, 0.29) is 53.1 Å². The molecule has 7 atom stereocenters. The smallest absolute Gasteiger partial charge is 0.428 e. The highest BCUT2D eigenvalue weighted by molar-refractivity contribution is 7.97. The molecular formula is C82H95F2NO20S2. The second-order valence-corrected chi connectivity index (χ2v) is 31.9. The van der Waals surface area contributed by atoms with Crippen LogP contribution in [-0.4, -0.2) is 114 Å². The minimum absolute atomic E-state index is 0.0146. The topological polar surface area (TPSA) is 315 Å². The number of carbonyl (C=O) groups excluding carboxylic acids is 7. The van der Waals surface area contributed by atoms with Crippen molar-refractivity contribution in [1.82, 2.24) is 0 Å². The van der Waals surface area contributed by atoms with E-state index in [1.165, 1.54) is 44.5 Å². The Balaban J connectivity index is 0.000000216. The van der Waals surface area contributed by atoms with Gasteiger partial charge in [-0.15, -0.1) is 0 Å². The van der Waals surface area contributed by atoms with Crippen LogP contribution in [0.3, 0.4) is 0 Å². The van der Waals surface area contributed by atoms with Gasteiger partial charge in [0.25, 0.3) is 0 Å². The van der Waals surface area contributed by atoms with Gasteiger partial charge >= 0.3 is 47.0 Å². The molecule has 3 fully saturated rings. The first-order valence-electron chi connectivity index (χ1n) is 35.0. The normalized spacial score (nSPS) is 17.8. The highest BCUT2D eigenvalue weighted by atomic mass is 32.2. The van der Waals surface area contributed by atoms with Crippen LogP contribution in [0.2, 0.25) is 0 Å². The number of alkyl halides is 2. The zero-order valence-electron chi connectivity index (χ0n) is 62.5. The van der Waals surface area contributed by atoms with E-state index < -0.39 is 98.5 Å². The fourth-order valence-electron chi connectivity index (χ4n) is 11.1. The van der Waals surface area contributed by atoms with Crippen LogP contribution in [0.5, 0.6) is 23.0 Å². The number of phenolic OH excluding ortho intramolecular Hbond substituents is 1. The minimum Gasteiger partial charge on any atom is -0.743 e. The maximum atomic E-state index is 13.0. The summed E-state index contributed by atoms with van der Waals surface area (Å²) in [6, 6.07) is 58.2. The van der Waals surface area contributed by atoms with Crippen molar-refractivity contribution in [1.29, 1.82) is 5.26 Å². The number of aromatic hydroxyl groups is 1. The van der Waals surface area contributed by atoms with E-state index in [2.05, 4.69) is 116 Å². The van der Waals surface area contributed by atoms with Gasteiger partial charge in [-0.2, -0.15) is 14.0 Å². The number of hydrogen-bond donors (Lipinski definition) is 2. The molecule has 10 rings (SSSR count). The highest BCUT2D eigenvalue weighted by Gasteiger charge is 2.72. The van der Waals surface area contributed by atoms with Gasteiger partial charge in [-0.1, -0.05) is 133 Å². The Morgan fingerprint density at radius 3 is 1.57 bits per heavy atom. The average Bonchev–Trinajstić information content (AvgIpc) is 1.54. The zero-order chi connectivity index (χ0) is 79.3. The Morgan fingerprint density at radius 2 is 1.11 bits per heavy atom. The molecule has 7 aromatic carbocycles. The first-order valence-corrected chi connectivity index (χ1v) is 37.6. The number of phenols is 1. The molecule has 3 aliphatic rings. The van der Waals surface area contributed by atoms with Crippen LogP contribution in [0.4, 0.5) is 8.78 Å². The predicted molar refractivity (Wildman–Crippen MR) is 395 cm³/mol. The maximum Gasteiger partial charge on any atom is 0.428 e. The lowest BCUT2D eigenvalue weighted by molar-refractivity contribution is -0.172. The van der Waals surface area contributed by atoms with Crippen LogP contribution in [0.1, 0.15) is 146 Å². The molecule has 2 aliphatic carbocycles. The van der Waals surface area contributed by atoms with Gasteiger partial charge in [0.05, 0.1) is 34.4 Å². The minimum atomic E-state index is -6.30. The third-order valence-corrected chi connectivity index (χ3v) is 21.8. The summed E-state index contributed by atoms with van der Waals surface area (Å²) in [4.78, 5) is 86.4. The number of hydrogen-bond acceptors (Lipinski definition) is 21. The molecule has 21 nitrogen and oxygen atoms in total. The van der Waals surface area contributed by atoms with Crippen LogP contribution in [-0.2, 0) is 83.7 Å². The molecule has 2 saturated carbocycles. The fourth-order valence-corrected chi connectivity index (χ4v) is 13.5. The summed E-state index contributed by atoms with van der Waals surface area (Å²) in [5.74, 6) is -4.80. The van der Waals surface area contributed by atoms with Crippen molar-refractivity contribution >= 4 is 73.6 Å². The monoisotopic (exact) mass is 1520 g/mol. The maximum absolute atomic E-state index is 13.0. The third kappa shape index (κ3) is 23.4. The lowest BCUT2D eigenvalue weighted by atomic mass is 9.75. The Kier molecular flexibility index (Phi) is 30.3. The van der Waals surface area contributed by atoms with Crippen molar-refractivity contribution in [3.63, 3.8) is 0 Å². The number of halogens is 2. The van der Waals surface area contributed by atoms with Crippen LogP contribution in [0.15, 0.2) is 191 Å². The van der Waals surface area contributed by atoms with Gasteiger partial charge in [0, 0.05) is 17.3 Å². The number of carbonyl (C=O) groups is 7. The van der Waals surface area contributed by atoms with E-state index in [1.54, 1.807) is 52.0 Å². The van der Waals surface area contributed by atoms with E-state index >= 15 is 0 Å². The first-order chi connectivity index (χ1) is 50.3. The Hall–Kier alpha value is -9.74. The summed E-state index contributed by atoms with van der Waals surface area (Å²) in [5.41, 5.74) is -0.769. The molecule has 0 spiro atoms. The molecule has 1 aliphatic heterocycles. The molecule has 2 bridgehead atoms. The van der Waals surface area contributed by atoms with Gasteiger partial charge in [-0.25, -0.2) is 27.6 Å². The quantitative estimate of drug-likeness (QED) is 0.0187. The molecule has 0 amide bonds. The van der Waals surface area contributed by atoms with Crippen molar-refractivity contribution in [3.05, 3.63) is 187 Å². The van der Waals surface area contributed by atoms with E-state index in [1.807, 2.05) is 84.9 Å². The molecule has 1 saturated heterocycles. The molecule has 107 heavy (non-hydrogen) atoms. The van der Waals surface area contributed by atoms with Crippen molar-refractivity contribution in [2.24, 2.45) is 28.1 Å². The molecule has 574 valence electrons. The summed E-state index contributed by atoms with van der Waals surface area (Å²) >= 11 is 0. The third-order valence-electron chi connectivity index (χ3n) is 18.8. The number of nitriles is 1. The number of rotatable bonds is 24. The molecule has 7 unspecified atom stereocenters. The predicted octanol–water partition coefficient (Wildman–Crippen LogP) is 14.9. The SMILES string of the molecule is CCC(C)(C)C(=O)OCC(=O)OC1C2CC3C1OC(=O)C3(C#N)C2.CCC(C)(C)C(=O)Oc1ccc2cc(OC(=O)COC(=O)C(F)(F)S(=O)(=O)[O-])ccc2c1.CCC(C)(CO)c1ccc(OCC(=O)OC(C)(C)C)cc1.CCC(C)c1ccc(O)cc1.c1ccc([S+](c2ccccc2)c2ccccc2)cc1. The highest BCUT2D eigenvalue weighted by Crippen LogP contribution is 2.62. The Morgan fingerprint density at radius 1 is 0.636 bits per heavy atom. The van der Waals surface area contributed by atoms with Crippen LogP contribution in [0.25, 0.3) is 10.8 Å². The van der Waals surface area contributed by atoms with E-state index in [0.717, 1.165) is 18.4 Å². The molecule has 2 N–H and O–H groups in total. The van der Waals surface area contributed by atoms with Gasteiger partial charge in [-0.3, -0.25) is 14.4 Å². The van der Waals surface area contributed by atoms with E-state index in [0.29, 0.717) is 59.6 Å². The number of benzene rings is 7. The van der Waals surface area contributed by atoms with Gasteiger partial charge in [0.1, 0.15) is 40.8 Å². The number of fused-ring (bicyclic) bond motifs is 2. The molecular weight excluding hydrogens is 1420 g/mol. The van der Waals surface area contributed by atoms with Gasteiger partial charge in [0.15, 0.2) is 50.0 Å². The van der Waals surface area contributed by atoms with Crippen LogP contribution >= 0.6 is 0 Å². The fraction of sp³-hybridized carbons (Fsp3) is 0.415. The lowest BCUT2D eigenvalue weighted by Crippen LogP contribution is -2.40.